The van der Waals surface area contributed by atoms with Crippen molar-refractivity contribution in [3.63, 3.8) is 0 Å². The van der Waals surface area contributed by atoms with Crippen LogP contribution in [-0.4, -0.2) is 24.5 Å². The average Bonchev–Trinajstić information content (AvgIpc) is 2.52. The van der Waals surface area contributed by atoms with E-state index in [2.05, 4.69) is 5.32 Å². The maximum Gasteiger partial charge on any atom is 0.311 e. The van der Waals surface area contributed by atoms with Crippen molar-refractivity contribution in [2.24, 2.45) is 0 Å². The van der Waals surface area contributed by atoms with Crippen molar-refractivity contribution in [2.45, 2.75) is 6.92 Å². The van der Waals surface area contributed by atoms with Gasteiger partial charge < -0.3 is 14.8 Å². The third-order valence-corrected chi connectivity index (χ3v) is 3.02. The minimum absolute atomic E-state index is 0.0755. The number of ether oxygens (including phenoxy) is 2. The van der Waals surface area contributed by atoms with Gasteiger partial charge in [0.25, 0.3) is 5.91 Å². The topological polar surface area (TPSA) is 90.7 Å². The molecule has 1 amide bonds. The lowest BCUT2D eigenvalue weighted by molar-refractivity contribution is -0.385. The smallest absolute Gasteiger partial charge is 0.311 e. The van der Waals surface area contributed by atoms with E-state index in [-0.39, 0.29) is 24.0 Å². The zero-order valence-corrected chi connectivity index (χ0v) is 12.7. The van der Waals surface area contributed by atoms with E-state index < -0.39 is 4.92 Å². The van der Waals surface area contributed by atoms with E-state index >= 15 is 0 Å². The number of amides is 1. The molecule has 0 bridgehead atoms. The third-order valence-electron chi connectivity index (χ3n) is 3.02. The Morgan fingerprint density at radius 3 is 2.70 bits per heavy atom. The molecular weight excluding hydrogens is 300 g/mol. The van der Waals surface area contributed by atoms with E-state index in [0.717, 1.165) is 5.56 Å². The third kappa shape index (κ3) is 4.44. The number of carbonyl (C=O) groups excluding carboxylic acids is 1. The van der Waals surface area contributed by atoms with E-state index in [0.29, 0.717) is 11.4 Å². The SMILES string of the molecule is COc1cc(OCC(=O)Nc2cccc(C)c2)ccc1[N+](=O)[O-]. The van der Waals surface area contributed by atoms with Gasteiger partial charge in [-0.15, -0.1) is 0 Å². The highest BCUT2D eigenvalue weighted by Gasteiger charge is 2.15. The van der Waals surface area contributed by atoms with Crippen LogP contribution in [0.2, 0.25) is 0 Å². The second kappa shape index (κ2) is 7.26. The van der Waals surface area contributed by atoms with Crippen LogP contribution in [0.1, 0.15) is 5.56 Å². The average molecular weight is 316 g/mol. The normalized spacial score (nSPS) is 10.0. The Labute approximate surface area is 133 Å². The fourth-order valence-corrected chi connectivity index (χ4v) is 1.97. The number of nitro benzene ring substituents is 1. The Hall–Kier alpha value is -3.09. The molecule has 0 aliphatic carbocycles. The fraction of sp³-hybridized carbons (Fsp3) is 0.188. The summed E-state index contributed by atoms with van der Waals surface area (Å²) in [6.07, 6.45) is 0. The number of hydrogen-bond donors (Lipinski definition) is 1. The monoisotopic (exact) mass is 316 g/mol. The molecule has 2 aromatic carbocycles. The standard InChI is InChI=1S/C16H16N2O5/c1-11-4-3-5-12(8-11)17-16(19)10-23-13-6-7-14(18(20)21)15(9-13)22-2/h3-9H,10H2,1-2H3,(H,17,19). The van der Waals surface area contributed by atoms with Gasteiger partial charge in [-0.3, -0.25) is 14.9 Å². The van der Waals surface area contributed by atoms with Gasteiger partial charge in [-0.2, -0.15) is 0 Å². The Bertz CT molecular complexity index is 730. The Balaban J connectivity index is 1.97. The Morgan fingerprint density at radius 2 is 2.04 bits per heavy atom. The zero-order valence-electron chi connectivity index (χ0n) is 12.7. The molecule has 7 nitrogen and oxygen atoms in total. The summed E-state index contributed by atoms with van der Waals surface area (Å²) in [4.78, 5) is 22.1. The summed E-state index contributed by atoms with van der Waals surface area (Å²) < 4.78 is 10.3. The van der Waals surface area contributed by atoms with Crippen LogP contribution in [0.5, 0.6) is 11.5 Å². The van der Waals surface area contributed by atoms with Crippen LogP contribution < -0.4 is 14.8 Å². The number of hydrogen-bond acceptors (Lipinski definition) is 5. The van der Waals surface area contributed by atoms with Crippen molar-refractivity contribution in [2.75, 3.05) is 19.0 Å². The molecule has 0 heterocycles. The van der Waals surface area contributed by atoms with Crippen molar-refractivity contribution in [3.8, 4) is 11.5 Å². The van der Waals surface area contributed by atoms with Gasteiger partial charge in [0.1, 0.15) is 5.75 Å². The fourth-order valence-electron chi connectivity index (χ4n) is 1.97. The van der Waals surface area contributed by atoms with Crippen LogP contribution in [0.15, 0.2) is 42.5 Å². The minimum atomic E-state index is -0.549. The summed E-state index contributed by atoms with van der Waals surface area (Å²) in [5, 5.41) is 13.5. The molecule has 0 aliphatic heterocycles. The predicted molar refractivity (Wildman–Crippen MR) is 85.0 cm³/mol. The first-order valence-electron chi connectivity index (χ1n) is 6.81. The largest absolute Gasteiger partial charge is 0.490 e. The number of nitrogens with one attached hydrogen (secondary N) is 1. The molecule has 120 valence electrons. The van der Waals surface area contributed by atoms with Gasteiger partial charge >= 0.3 is 5.69 Å². The highest BCUT2D eigenvalue weighted by atomic mass is 16.6. The van der Waals surface area contributed by atoms with E-state index in [1.54, 1.807) is 6.07 Å². The Kier molecular flexibility index (Phi) is 5.14. The molecule has 0 aromatic heterocycles. The molecule has 0 aliphatic rings. The lowest BCUT2D eigenvalue weighted by Gasteiger charge is -2.09. The van der Waals surface area contributed by atoms with Gasteiger partial charge in [0.05, 0.1) is 12.0 Å². The Morgan fingerprint density at radius 1 is 1.26 bits per heavy atom. The predicted octanol–water partition coefficient (Wildman–Crippen LogP) is 2.93. The lowest BCUT2D eigenvalue weighted by Crippen LogP contribution is -2.20. The highest BCUT2D eigenvalue weighted by molar-refractivity contribution is 5.91. The second-order valence-electron chi connectivity index (χ2n) is 4.80. The van der Waals surface area contributed by atoms with Crippen LogP contribution in [0.4, 0.5) is 11.4 Å². The van der Waals surface area contributed by atoms with Crippen LogP contribution in [0.3, 0.4) is 0 Å². The number of methoxy groups -OCH3 is 1. The van der Waals surface area contributed by atoms with Crippen molar-refractivity contribution < 1.29 is 19.2 Å². The molecule has 2 rings (SSSR count). The van der Waals surface area contributed by atoms with Gasteiger partial charge in [-0.1, -0.05) is 12.1 Å². The molecule has 2 aromatic rings. The summed E-state index contributed by atoms with van der Waals surface area (Å²) in [5.74, 6) is 0.0614. The maximum atomic E-state index is 11.9. The van der Waals surface area contributed by atoms with Crippen molar-refractivity contribution >= 4 is 17.3 Å². The van der Waals surface area contributed by atoms with Crippen molar-refractivity contribution in [3.05, 3.63) is 58.1 Å². The molecule has 23 heavy (non-hydrogen) atoms. The quantitative estimate of drug-likeness (QED) is 0.653. The minimum Gasteiger partial charge on any atom is -0.490 e. The van der Waals surface area contributed by atoms with Crippen LogP contribution in [0.25, 0.3) is 0 Å². The zero-order chi connectivity index (χ0) is 16.8. The number of carbonyl (C=O) groups is 1. The first-order chi connectivity index (χ1) is 11.0. The first-order valence-corrected chi connectivity index (χ1v) is 6.81. The van der Waals surface area contributed by atoms with Crippen LogP contribution in [0, 0.1) is 17.0 Å². The molecule has 0 fully saturated rings. The van der Waals surface area contributed by atoms with E-state index in [9.17, 15) is 14.9 Å². The number of nitrogens with zero attached hydrogens (tertiary/aromatic N) is 1. The summed E-state index contributed by atoms with van der Waals surface area (Å²) >= 11 is 0. The summed E-state index contributed by atoms with van der Waals surface area (Å²) in [5.41, 5.74) is 1.55. The maximum absolute atomic E-state index is 11.9. The number of anilines is 1. The van der Waals surface area contributed by atoms with Gasteiger partial charge in [0, 0.05) is 17.8 Å². The number of rotatable bonds is 6. The summed E-state index contributed by atoms with van der Waals surface area (Å²) in [6, 6.07) is 11.4. The number of nitro groups is 1. The van der Waals surface area contributed by atoms with Gasteiger partial charge in [-0.25, -0.2) is 0 Å². The summed E-state index contributed by atoms with van der Waals surface area (Å²) in [7, 11) is 1.33. The van der Waals surface area contributed by atoms with Gasteiger partial charge in [0.15, 0.2) is 6.61 Å². The molecule has 1 N–H and O–H groups in total. The second-order valence-corrected chi connectivity index (χ2v) is 4.80. The molecule has 0 spiro atoms. The molecule has 0 saturated carbocycles. The summed E-state index contributed by atoms with van der Waals surface area (Å²) in [6.45, 7) is 1.71. The van der Waals surface area contributed by atoms with Crippen molar-refractivity contribution in [1.29, 1.82) is 0 Å². The van der Waals surface area contributed by atoms with E-state index in [1.165, 1.54) is 25.3 Å². The van der Waals surface area contributed by atoms with Gasteiger partial charge in [0.2, 0.25) is 5.75 Å². The lowest BCUT2D eigenvalue weighted by atomic mass is 10.2. The van der Waals surface area contributed by atoms with Crippen LogP contribution in [-0.2, 0) is 4.79 Å². The molecule has 7 heteroatoms. The van der Waals surface area contributed by atoms with E-state index in [1.807, 2.05) is 25.1 Å². The van der Waals surface area contributed by atoms with E-state index in [4.69, 9.17) is 9.47 Å². The van der Waals surface area contributed by atoms with Crippen molar-refractivity contribution in [1.82, 2.24) is 0 Å². The molecule has 0 saturated heterocycles. The molecule has 0 radical (unpaired) electrons. The molecule has 0 unspecified atom stereocenters. The first kappa shape index (κ1) is 16.3. The molecular formula is C16H16N2O5. The number of benzene rings is 2. The highest BCUT2D eigenvalue weighted by Crippen LogP contribution is 2.30. The van der Waals surface area contributed by atoms with Crippen LogP contribution >= 0.6 is 0 Å². The van der Waals surface area contributed by atoms with Gasteiger partial charge in [-0.05, 0) is 30.7 Å². The molecule has 0 atom stereocenters. The number of aryl methyl sites for hydroxylation is 1.